The van der Waals surface area contributed by atoms with Crippen LogP contribution in [-0.4, -0.2) is 24.4 Å². The molecule has 1 heterocycles. The van der Waals surface area contributed by atoms with Crippen LogP contribution in [0.2, 0.25) is 0 Å². The van der Waals surface area contributed by atoms with Crippen molar-refractivity contribution in [3.8, 4) is 0 Å². The number of para-hydroxylation sites is 2. The Morgan fingerprint density at radius 1 is 1.47 bits per heavy atom. The number of hydrogen-bond donors (Lipinski definition) is 2. The number of amides is 2. The second-order valence-corrected chi connectivity index (χ2v) is 4.90. The lowest BCUT2D eigenvalue weighted by atomic mass is 9.98. The molecule has 102 valence electrons. The molecule has 0 saturated heterocycles. The van der Waals surface area contributed by atoms with Crippen LogP contribution >= 0.6 is 0 Å². The number of nitrogens with zero attached hydrogens (tertiary/aromatic N) is 1. The van der Waals surface area contributed by atoms with E-state index in [-0.39, 0.29) is 24.3 Å². The van der Waals surface area contributed by atoms with Gasteiger partial charge in [-0.25, -0.2) is 0 Å². The van der Waals surface area contributed by atoms with E-state index in [1.54, 1.807) is 6.07 Å². The maximum absolute atomic E-state index is 12.4. The first-order valence-electron chi connectivity index (χ1n) is 6.50. The van der Waals surface area contributed by atoms with Gasteiger partial charge in [-0.3, -0.25) is 14.5 Å². The van der Waals surface area contributed by atoms with Crippen LogP contribution in [-0.2, 0) is 9.59 Å². The van der Waals surface area contributed by atoms with Gasteiger partial charge in [0.2, 0.25) is 11.8 Å². The van der Waals surface area contributed by atoms with Crippen molar-refractivity contribution in [2.75, 3.05) is 16.8 Å². The third-order valence-electron chi connectivity index (χ3n) is 3.58. The first-order valence-corrected chi connectivity index (χ1v) is 6.50. The molecule has 0 saturated carbocycles. The van der Waals surface area contributed by atoms with Gasteiger partial charge in [-0.15, -0.1) is 0 Å². The van der Waals surface area contributed by atoms with E-state index < -0.39 is 6.04 Å². The van der Waals surface area contributed by atoms with Crippen LogP contribution in [0.4, 0.5) is 11.4 Å². The molecule has 1 aliphatic rings. The molecule has 0 aromatic heterocycles. The zero-order chi connectivity index (χ0) is 14.0. The number of nitrogens with one attached hydrogen (secondary N) is 1. The molecular weight excluding hydrogens is 242 g/mol. The topological polar surface area (TPSA) is 75.4 Å². The number of benzene rings is 1. The smallest absolute Gasteiger partial charge is 0.244 e. The molecule has 0 radical (unpaired) electrons. The molecule has 1 aromatic rings. The van der Waals surface area contributed by atoms with Crippen molar-refractivity contribution in [1.29, 1.82) is 0 Å². The van der Waals surface area contributed by atoms with Gasteiger partial charge < -0.3 is 11.1 Å². The first-order chi connectivity index (χ1) is 9.04. The lowest BCUT2D eigenvalue weighted by Gasteiger charge is -2.32. The summed E-state index contributed by atoms with van der Waals surface area (Å²) < 4.78 is 0. The summed E-state index contributed by atoms with van der Waals surface area (Å²) in [5, 5.41) is 2.75. The standard InChI is InChI=1S/C14H19N3O2/c1-3-9(2)13(15)14(19)17-8-12(18)16-10-6-4-5-7-11(10)17/h4-7,9,13H,3,8,15H2,1-2H3,(H,16,18)/t9-,13-/m0/s1. The molecular formula is C14H19N3O2. The number of rotatable bonds is 3. The van der Waals surface area contributed by atoms with Gasteiger partial charge in [0.25, 0.3) is 0 Å². The van der Waals surface area contributed by atoms with Gasteiger partial charge in [-0.2, -0.15) is 0 Å². The Morgan fingerprint density at radius 3 is 2.84 bits per heavy atom. The Labute approximate surface area is 112 Å². The molecule has 19 heavy (non-hydrogen) atoms. The summed E-state index contributed by atoms with van der Waals surface area (Å²) in [6.07, 6.45) is 0.828. The molecule has 0 bridgehead atoms. The second kappa shape index (κ2) is 5.40. The number of nitrogens with two attached hydrogens (primary N) is 1. The normalized spacial score (nSPS) is 17.4. The Morgan fingerprint density at radius 2 is 2.16 bits per heavy atom. The Bertz CT molecular complexity index is 501. The van der Waals surface area contributed by atoms with Gasteiger partial charge in [0, 0.05) is 0 Å². The van der Waals surface area contributed by atoms with E-state index in [1.807, 2.05) is 32.0 Å². The third kappa shape index (κ3) is 2.61. The molecule has 3 N–H and O–H groups in total. The maximum Gasteiger partial charge on any atom is 0.244 e. The average Bonchev–Trinajstić information content (AvgIpc) is 2.43. The highest BCUT2D eigenvalue weighted by molar-refractivity contribution is 6.11. The minimum Gasteiger partial charge on any atom is -0.323 e. The maximum atomic E-state index is 12.4. The minimum atomic E-state index is -0.580. The number of hydrogen-bond acceptors (Lipinski definition) is 3. The summed E-state index contributed by atoms with van der Waals surface area (Å²) in [6.45, 7) is 3.97. The predicted molar refractivity (Wildman–Crippen MR) is 74.9 cm³/mol. The van der Waals surface area contributed by atoms with Gasteiger partial charge in [-0.1, -0.05) is 32.4 Å². The monoisotopic (exact) mass is 261 g/mol. The highest BCUT2D eigenvalue weighted by Gasteiger charge is 2.31. The molecule has 1 aromatic carbocycles. The van der Waals surface area contributed by atoms with E-state index in [0.717, 1.165) is 6.42 Å². The fraction of sp³-hybridized carbons (Fsp3) is 0.429. The summed E-state index contributed by atoms with van der Waals surface area (Å²) in [5.74, 6) is -0.301. The molecule has 2 rings (SSSR count). The van der Waals surface area contributed by atoms with Gasteiger partial charge in [0.15, 0.2) is 0 Å². The van der Waals surface area contributed by atoms with Crippen LogP contribution in [0.15, 0.2) is 24.3 Å². The number of fused-ring (bicyclic) bond motifs is 1. The molecule has 2 atom stereocenters. The van der Waals surface area contributed by atoms with Crippen molar-refractivity contribution in [1.82, 2.24) is 0 Å². The largest absolute Gasteiger partial charge is 0.323 e. The summed E-state index contributed by atoms with van der Waals surface area (Å²) >= 11 is 0. The molecule has 1 aliphatic heterocycles. The van der Waals surface area contributed by atoms with Crippen LogP contribution in [0.1, 0.15) is 20.3 Å². The van der Waals surface area contributed by atoms with Gasteiger partial charge in [0.05, 0.1) is 17.4 Å². The van der Waals surface area contributed by atoms with Crippen LogP contribution in [0.5, 0.6) is 0 Å². The van der Waals surface area contributed by atoms with Crippen molar-refractivity contribution >= 4 is 23.2 Å². The summed E-state index contributed by atoms with van der Waals surface area (Å²) in [4.78, 5) is 25.6. The van der Waals surface area contributed by atoms with Crippen LogP contribution in [0, 0.1) is 5.92 Å². The zero-order valence-corrected chi connectivity index (χ0v) is 11.2. The molecule has 0 aliphatic carbocycles. The van der Waals surface area contributed by atoms with Gasteiger partial charge in [-0.05, 0) is 18.1 Å². The van der Waals surface area contributed by atoms with Crippen LogP contribution in [0.25, 0.3) is 0 Å². The minimum absolute atomic E-state index is 0.0278. The number of anilines is 2. The first kappa shape index (κ1) is 13.5. The summed E-state index contributed by atoms with van der Waals surface area (Å²) in [5.41, 5.74) is 7.35. The predicted octanol–water partition coefficient (Wildman–Crippen LogP) is 1.35. The average molecular weight is 261 g/mol. The van der Waals surface area contributed by atoms with Crippen molar-refractivity contribution in [2.24, 2.45) is 11.7 Å². The van der Waals surface area contributed by atoms with Crippen LogP contribution in [0.3, 0.4) is 0 Å². The van der Waals surface area contributed by atoms with E-state index in [2.05, 4.69) is 5.32 Å². The number of carbonyl (C=O) groups is 2. The summed E-state index contributed by atoms with van der Waals surface area (Å²) in [6, 6.07) is 6.67. The van der Waals surface area contributed by atoms with Crippen molar-refractivity contribution in [3.63, 3.8) is 0 Å². The quantitative estimate of drug-likeness (QED) is 0.862. The Balaban J connectivity index is 2.30. The van der Waals surface area contributed by atoms with Gasteiger partial charge >= 0.3 is 0 Å². The lowest BCUT2D eigenvalue weighted by molar-refractivity contribution is -0.123. The fourth-order valence-corrected chi connectivity index (χ4v) is 2.11. The molecule has 0 unspecified atom stereocenters. The highest BCUT2D eigenvalue weighted by Crippen LogP contribution is 2.29. The van der Waals surface area contributed by atoms with E-state index in [4.69, 9.17) is 5.73 Å². The van der Waals surface area contributed by atoms with Crippen molar-refractivity contribution < 1.29 is 9.59 Å². The molecule has 0 spiro atoms. The Kier molecular flexibility index (Phi) is 3.85. The highest BCUT2D eigenvalue weighted by atomic mass is 16.2. The van der Waals surface area contributed by atoms with E-state index >= 15 is 0 Å². The summed E-state index contributed by atoms with van der Waals surface area (Å²) in [7, 11) is 0. The van der Waals surface area contributed by atoms with E-state index in [1.165, 1.54) is 4.90 Å². The van der Waals surface area contributed by atoms with E-state index in [9.17, 15) is 9.59 Å². The SMILES string of the molecule is CC[C@H](C)[C@H](N)C(=O)N1CC(=O)Nc2ccccc21. The molecule has 5 nitrogen and oxygen atoms in total. The van der Waals surface area contributed by atoms with Crippen molar-refractivity contribution in [3.05, 3.63) is 24.3 Å². The lowest BCUT2D eigenvalue weighted by Crippen LogP contribution is -2.51. The van der Waals surface area contributed by atoms with Crippen LogP contribution < -0.4 is 16.0 Å². The molecule has 2 amide bonds. The third-order valence-corrected chi connectivity index (χ3v) is 3.58. The van der Waals surface area contributed by atoms with Crippen molar-refractivity contribution in [2.45, 2.75) is 26.3 Å². The fourth-order valence-electron chi connectivity index (χ4n) is 2.11. The van der Waals surface area contributed by atoms with E-state index in [0.29, 0.717) is 11.4 Å². The Hall–Kier alpha value is -1.88. The zero-order valence-electron chi connectivity index (χ0n) is 11.2. The van der Waals surface area contributed by atoms with Gasteiger partial charge in [0.1, 0.15) is 6.54 Å². The molecule has 0 fully saturated rings. The second-order valence-electron chi connectivity index (χ2n) is 4.90. The number of carbonyl (C=O) groups excluding carboxylic acids is 2. The molecule has 5 heteroatoms.